The largest absolute Gasteiger partial charge is 0.374 e. The summed E-state index contributed by atoms with van der Waals surface area (Å²) in [6, 6.07) is 16.3. The summed E-state index contributed by atoms with van der Waals surface area (Å²) in [5, 5.41) is 1.98. The molecule has 0 radical (unpaired) electrons. The number of aryl methyl sites for hydroxylation is 1. The molecule has 24 heavy (non-hydrogen) atoms. The van der Waals surface area contributed by atoms with Crippen molar-refractivity contribution in [1.29, 1.82) is 0 Å². The topological polar surface area (TPSA) is 33.7 Å². The quantitative estimate of drug-likeness (QED) is 0.722. The summed E-state index contributed by atoms with van der Waals surface area (Å²) in [5.74, 6) is 0. The van der Waals surface area contributed by atoms with E-state index in [0.29, 0.717) is 19.8 Å². The molecule has 4 nitrogen and oxygen atoms in total. The minimum absolute atomic E-state index is 0.131. The highest BCUT2D eigenvalue weighted by Crippen LogP contribution is 2.24. The average molecular weight is 389 g/mol. The Bertz CT molecular complexity index is 691. The van der Waals surface area contributed by atoms with E-state index in [0.717, 1.165) is 10.2 Å². The highest BCUT2D eigenvalue weighted by molar-refractivity contribution is 9.10. The van der Waals surface area contributed by atoms with Crippen molar-refractivity contribution in [3.63, 3.8) is 0 Å². The molecule has 0 amide bonds. The van der Waals surface area contributed by atoms with E-state index in [1.54, 1.807) is 0 Å². The molecule has 126 valence electrons. The van der Waals surface area contributed by atoms with Crippen LogP contribution >= 0.6 is 15.9 Å². The van der Waals surface area contributed by atoms with Gasteiger partial charge in [-0.3, -0.25) is 5.01 Å². The van der Waals surface area contributed by atoms with Crippen LogP contribution in [0.25, 0.3) is 0 Å². The Labute approximate surface area is 151 Å². The van der Waals surface area contributed by atoms with E-state index in [2.05, 4.69) is 52.5 Å². The van der Waals surface area contributed by atoms with Crippen molar-refractivity contribution in [3.05, 3.63) is 76.4 Å². The fourth-order valence-electron chi connectivity index (χ4n) is 2.52. The van der Waals surface area contributed by atoms with Crippen LogP contribution in [0.4, 0.5) is 5.69 Å². The Hall–Kier alpha value is -1.66. The zero-order chi connectivity index (χ0) is 16.8. The van der Waals surface area contributed by atoms with Crippen molar-refractivity contribution in [3.8, 4) is 0 Å². The van der Waals surface area contributed by atoms with Gasteiger partial charge in [0.1, 0.15) is 6.23 Å². The van der Waals surface area contributed by atoms with Crippen LogP contribution in [0, 0.1) is 6.92 Å². The van der Waals surface area contributed by atoms with Crippen molar-refractivity contribution in [2.24, 2.45) is 0 Å². The fourth-order valence-corrected chi connectivity index (χ4v) is 2.99. The molecule has 1 unspecified atom stereocenters. The number of nitrogens with zero attached hydrogens (tertiary/aromatic N) is 1. The van der Waals surface area contributed by atoms with Crippen LogP contribution in [0.3, 0.4) is 0 Å². The van der Waals surface area contributed by atoms with Crippen LogP contribution in [0.15, 0.2) is 65.3 Å². The van der Waals surface area contributed by atoms with Gasteiger partial charge < -0.3 is 9.47 Å². The van der Waals surface area contributed by atoms with E-state index in [4.69, 9.17) is 9.47 Å². The first-order chi connectivity index (χ1) is 11.7. The highest BCUT2D eigenvalue weighted by atomic mass is 79.9. The monoisotopic (exact) mass is 388 g/mol. The summed E-state index contributed by atoms with van der Waals surface area (Å²) in [6.07, 6.45) is 3.86. The predicted molar refractivity (Wildman–Crippen MR) is 99.5 cm³/mol. The second-order valence-corrected chi connectivity index (χ2v) is 6.52. The van der Waals surface area contributed by atoms with Gasteiger partial charge in [-0.15, -0.1) is 0 Å². The summed E-state index contributed by atoms with van der Waals surface area (Å²) in [6.45, 7) is 3.81. The van der Waals surface area contributed by atoms with E-state index in [9.17, 15) is 0 Å². The number of hydrogen-bond acceptors (Lipinski definition) is 4. The van der Waals surface area contributed by atoms with Crippen molar-refractivity contribution in [2.45, 2.75) is 19.8 Å². The molecule has 1 atom stereocenters. The van der Waals surface area contributed by atoms with Gasteiger partial charge >= 0.3 is 0 Å². The van der Waals surface area contributed by atoms with Gasteiger partial charge in [0.25, 0.3) is 0 Å². The molecule has 0 fully saturated rings. The molecule has 0 saturated carbocycles. The number of halogens is 1. The van der Waals surface area contributed by atoms with Gasteiger partial charge in [-0.2, -0.15) is 5.43 Å². The lowest BCUT2D eigenvalue weighted by Gasteiger charge is -2.21. The number of nitrogens with one attached hydrogen (secondary N) is 1. The summed E-state index contributed by atoms with van der Waals surface area (Å²) in [7, 11) is 0. The first-order valence-electron chi connectivity index (χ1n) is 7.95. The Kier molecular flexibility index (Phi) is 6.04. The molecule has 1 aliphatic heterocycles. The molecular weight excluding hydrogens is 368 g/mol. The van der Waals surface area contributed by atoms with E-state index in [1.807, 2.05) is 41.6 Å². The second-order valence-electron chi connectivity index (χ2n) is 5.60. The van der Waals surface area contributed by atoms with E-state index in [-0.39, 0.29) is 6.23 Å². The lowest BCUT2D eigenvalue weighted by Crippen LogP contribution is -2.37. The van der Waals surface area contributed by atoms with Crippen LogP contribution < -0.4 is 10.4 Å². The Morgan fingerprint density at radius 1 is 1.12 bits per heavy atom. The van der Waals surface area contributed by atoms with Gasteiger partial charge in [-0.25, -0.2) is 0 Å². The Morgan fingerprint density at radius 2 is 1.96 bits per heavy atom. The van der Waals surface area contributed by atoms with E-state index >= 15 is 0 Å². The fraction of sp³-hybridized carbons (Fsp3) is 0.263. The molecule has 0 bridgehead atoms. The normalized spacial score (nSPS) is 16.8. The molecule has 1 N–H and O–H groups in total. The molecule has 2 aromatic carbocycles. The second kappa shape index (κ2) is 8.44. The zero-order valence-corrected chi connectivity index (χ0v) is 15.2. The van der Waals surface area contributed by atoms with Crippen molar-refractivity contribution < 1.29 is 9.47 Å². The lowest BCUT2D eigenvalue weighted by molar-refractivity contribution is 0.00931. The molecule has 0 spiro atoms. The Balaban J connectivity index is 1.38. The Morgan fingerprint density at radius 3 is 2.75 bits per heavy atom. The van der Waals surface area contributed by atoms with E-state index < -0.39 is 0 Å². The summed E-state index contributed by atoms with van der Waals surface area (Å²) < 4.78 is 12.5. The molecule has 5 heteroatoms. The number of rotatable bonds is 7. The SMILES string of the molecule is Cc1cc(Br)ccc1N1C=CC(OCCOCc2ccccc2)N1. The lowest BCUT2D eigenvalue weighted by atomic mass is 10.2. The van der Waals surface area contributed by atoms with Crippen molar-refractivity contribution in [2.75, 3.05) is 18.2 Å². The predicted octanol–water partition coefficient (Wildman–Crippen LogP) is 4.16. The third-order valence-electron chi connectivity index (χ3n) is 3.73. The molecular formula is C19H21BrN2O2. The van der Waals surface area contributed by atoms with Crippen LogP contribution in [-0.2, 0) is 16.1 Å². The number of hydrogen-bond donors (Lipinski definition) is 1. The first-order valence-corrected chi connectivity index (χ1v) is 8.75. The maximum absolute atomic E-state index is 5.78. The van der Waals surface area contributed by atoms with Gasteiger partial charge in [-0.1, -0.05) is 46.3 Å². The minimum Gasteiger partial charge on any atom is -0.374 e. The van der Waals surface area contributed by atoms with Crippen LogP contribution in [-0.4, -0.2) is 19.4 Å². The third-order valence-corrected chi connectivity index (χ3v) is 4.22. The smallest absolute Gasteiger partial charge is 0.145 e. The molecule has 0 saturated heterocycles. The van der Waals surface area contributed by atoms with Gasteiger partial charge in [-0.05, 0) is 42.3 Å². The highest BCUT2D eigenvalue weighted by Gasteiger charge is 2.17. The van der Waals surface area contributed by atoms with Gasteiger partial charge in [0.15, 0.2) is 0 Å². The van der Waals surface area contributed by atoms with Gasteiger partial charge in [0.2, 0.25) is 0 Å². The van der Waals surface area contributed by atoms with Crippen molar-refractivity contribution in [1.82, 2.24) is 5.43 Å². The van der Waals surface area contributed by atoms with Gasteiger partial charge in [0.05, 0.1) is 25.5 Å². The molecule has 3 rings (SSSR count). The third kappa shape index (κ3) is 4.68. The van der Waals surface area contributed by atoms with E-state index in [1.165, 1.54) is 11.1 Å². The van der Waals surface area contributed by atoms with Crippen LogP contribution in [0.5, 0.6) is 0 Å². The average Bonchev–Trinajstić information content (AvgIpc) is 3.04. The summed E-state index contributed by atoms with van der Waals surface area (Å²) >= 11 is 3.49. The minimum atomic E-state index is -0.131. The van der Waals surface area contributed by atoms with Crippen LogP contribution in [0.1, 0.15) is 11.1 Å². The summed E-state index contributed by atoms with van der Waals surface area (Å²) in [4.78, 5) is 0. The molecule has 1 heterocycles. The molecule has 0 aliphatic carbocycles. The van der Waals surface area contributed by atoms with Gasteiger partial charge in [0, 0.05) is 10.7 Å². The zero-order valence-electron chi connectivity index (χ0n) is 13.6. The molecule has 0 aromatic heterocycles. The number of benzene rings is 2. The van der Waals surface area contributed by atoms with Crippen LogP contribution in [0.2, 0.25) is 0 Å². The number of anilines is 1. The summed E-state index contributed by atoms with van der Waals surface area (Å²) in [5.41, 5.74) is 6.78. The number of ether oxygens (including phenoxy) is 2. The standard InChI is InChI=1S/C19H21BrN2O2/c1-15-13-17(20)7-8-18(15)22-10-9-19(21-22)24-12-11-23-14-16-5-3-2-4-6-16/h2-10,13,19,21H,11-12,14H2,1H3. The van der Waals surface area contributed by atoms with Crippen molar-refractivity contribution >= 4 is 21.6 Å². The maximum atomic E-state index is 5.78. The molecule has 1 aliphatic rings. The molecule has 2 aromatic rings. The maximum Gasteiger partial charge on any atom is 0.145 e. The number of hydrazine groups is 1. The first kappa shape index (κ1) is 17.2.